The maximum atomic E-state index is 6.08. The average molecular weight is 269 g/mol. The number of aromatic nitrogens is 2. The Balaban J connectivity index is 2.13. The molecule has 0 unspecified atom stereocenters. The van der Waals surface area contributed by atoms with Crippen LogP contribution in [-0.2, 0) is 0 Å². The first-order valence-electron chi connectivity index (χ1n) is 6.62. The van der Waals surface area contributed by atoms with E-state index in [1.807, 2.05) is 6.07 Å². The first-order valence-corrected chi connectivity index (χ1v) is 6.99. The SMILES string of the molecule is CCN1CCN(c2cc(Cl)nc(C(C)C)n2)CC1. The molecule has 1 aliphatic heterocycles. The molecule has 0 spiro atoms. The number of nitrogens with zero attached hydrogens (tertiary/aromatic N) is 4. The Kier molecular flexibility index (Phi) is 4.40. The molecule has 5 heteroatoms. The molecule has 0 N–H and O–H groups in total. The van der Waals surface area contributed by atoms with Crippen LogP contribution in [0.4, 0.5) is 5.82 Å². The predicted octanol–water partition coefficient (Wildman–Crippen LogP) is 2.40. The highest BCUT2D eigenvalue weighted by molar-refractivity contribution is 6.29. The van der Waals surface area contributed by atoms with Gasteiger partial charge < -0.3 is 9.80 Å². The van der Waals surface area contributed by atoms with Crippen LogP contribution >= 0.6 is 11.6 Å². The first kappa shape index (κ1) is 13.6. The van der Waals surface area contributed by atoms with E-state index < -0.39 is 0 Å². The van der Waals surface area contributed by atoms with E-state index in [9.17, 15) is 0 Å². The van der Waals surface area contributed by atoms with Crippen LogP contribution in [0.5, 0.6) is 0 Å². The van der Waals surface area contributed by atoms with E-state index >= 15 is 0 Å². The Morgan fingerprint density at radius 1 is 1.22 bits per heavy atom. The molecule has 100 valence electrons. The molecule has 1 aromatic heterocycles. The lowest BCUT2D eigenvalue weighted by Crippen LogP contribution is -2.46. The van der Waals surface area contributed by atoms with Crippen LogP contribution in [0.15, 0.2) is 6.07 Å². The summed E-state index contributed by atoms with van der Waals surface area (Å²) in [6.07, 6.45) is 0. The molecule has 1 fully saturated rings. The molecule has 2 heterocycles. The summed E-state index contributed by atoms with van der Waals surface area (Å²) in [7, 11) is 0. The number of hydrogen-bond donors (Lipinski definition) is 0. The zero-order valence-corrected chi connectivity index (χ0v) is 12.1. The van der Waals surface area contributed by atoms with Gasteiger partial charge in [0.25, 0.3) is 0 Å². The fourth-order valence-electron chi connectivity index (χ4n) is 2.14. The Hall–Kier alpha value is -0.870. The van der Waals surface area contributed by atoms with Gasteiger partial charge >= 0.3 is 0 Å². The van der Waals surface area contributed by atoms with E-state index in [1.54, 1.807) is 0 Å². The predicted molar refractivity (Wildman–Crippen MR) is 75.5 cm³/mol. The number of halogens is 1. The molecule has 18 heavy (non-hydrogen) atoms. The van der Waals surface area contributed by atoms with Gasteiger partial charge in [0.15, 0.2) is 0 Å². The Morgan fingerprint density at radius 2 is 1.89 bits per heavy atom. The van der Waals surface area contributed by atoms with Gasteiger partial charge in [0.2, 0.25) is 0 Å². The number of anilines is 1. The molecule has 2 rings (SSSR count). The Bertz CT molecular complexity index is 400. The van der Waals surface area contributed by atoms with Crippen LogP contribution in [0, 0.1) is 0 Å². The molecule has 0 bridgehead atoms. The van der Waals surface area contributed by atoms with Gasteiger partial charge in [-0.15, -0.1) is 0 Å². The van der Waals surface area contributed by atoms with Crippen molar-refractivity contribution in [3.05, 3.63) is 17.0 Å². The highest BCUT2D eigenvalue weighted by atomic mass is 35.5. The Morgan fingerprint density at radius 3 is 2.44 bits per heavy atom. The minimum absolute atomic E-state index is 0.305. The molecule has 0 aromatic carbocycles. The third kappa shape index (κ3) is 3.12. The van der Waals surface area contributed by atoms with Crippen molar-refractivity contribution < 1.29 is 0 Å². The fraction of sp³-hybridized carbons (Fsp3) is 0.692. The van der Waals surface area contributed by atoms with E-state index in [2.05, 4.69) is 40.5 Å². The molecule has 1 aromatic rings. The summed E-state index contributed by atoms with van der Waals surface area (Å²) in [6.45, 7) is 11.7. The smallest absolute Gasteiger partial charge is 0.135 e. The number of hydrogen-bond acceptors (Lipinski definition) is 4. The summed E-state index contributed by atoms with van der Waals surface area (Å²) >= 11 is 6.08. The third-order valence-electron chi connectivity index (χ3n) is 3.36. The number of piperazine rings is 1. The van der Waals surface area contributed by atoms with Crippen molar-refractivity contribution in [3.8, 4) is 0 Å². The number of rotatable bonds is 3. The zero-order valence-electron chi connectivity index (χ0n) is 11.4. The minimum atomic E-state index is 0.305. The fourth-order valence-corrected chi connectivity index (χ4v) is 2.32. The lowest BCUT2D eigenvalue weighted by molar-refractivity contribution is 0.270. The van der Waals surface area contributed by atoms with Gasteiger partial charge in [-0.25, -0.2) is 9.97 Å². The molecular weight excluding hydrogens is 248 g/mol. The molecule has 4 nitrogen and oxygen atoms in total. The second kappa shape index (κ2) is 5.85. The van der Waals surface area contributed by atoms with Crippen LogP contribution in [0.25, 0.3) is 0 Å². The summed E-state index contributed by atoms with van der Waals surface area (Å²) in [4.78, 5) is 13.6. The van der Waals surface area contributed by atoms with Crippen molar-refractivity contribution in [2.45, 2.75) is 26.7 Å². The quantitative estimate of drug-likeness (QED) is 0.788. The maximum Gasteiger partial charge on any atom is 0.135 e. The molecule has 1 saturated heterocycles. The molecular formula is C13H21ClN4. The van der Waals surface area contributed by atoms with Crippen molar-refractivity contribution in [3.63, 3.8) is 0 Å². The molecule has 0 radical (unpaired) electrons. The van der Waals surface area contributed by atoms with Crippen molar-refractivity contribution in [1.29, 1.82) is 0 Å². The molecule has 1 aliphatic rings. The van der Waals surface area contributed by atoms with E-state index in [0.29, 0.717) is 11.1 Å². The van der Waals surface area contributed by atoms with Gasteiger partial charge in [0.05, 0.1) is 0 Å². The van der Waals surface area contributed by atoms with Crippen molar-refractivity contribution in [2.24, 2.45) is 0 Å². The van der Waals surface area contributed by atoms with Gasteiger partial charge in [-0.2, -0.15) is 0 Å². The summed E-state index contributed by atoms with van der Waals surface area (Å²) in [5, 5.41) is 0.543. The summed E-state index contributed by atoms with van der Waals surface area (Å²) in [5.74, 6) is 2.10. The normalized spacial score (nSPS) is 17.5. The average Bonchev–Trinajstić information content (AvgIpc) is 2.38. The maximum absolute atomic E-state index is 6.08. The third-order valence-corrected chi connectivity index (χ3v) is 3.55. The van der Waals surface area contributed by atoms with Crippen molar-refractivity contribution >= 4 is 17.4 Å². The monoisotopic (exact) mass is 268 g/mol. The van der Waals surface area contributed by atoms with Crippen LogP contribution in [0.3, 0.4) is 0 Å². The highest BCUT2D eigenvalue weighted by Gasteiger charge is 2.18. The van der Waals surface area contributed by atoms with E-state index in [-0.39, 0.29) is 0 Å². The Labute approximate surface area is 114 Å². The standard InChI is InChI=1S/C13H21ClN4/c1-4-17-5-7-18(8-6-17)12-9-11(14)15-13(16-12)10(2)3/h9-10H,4-8H2,1-3H3. The van der Waals surface area contributed by atoms with Gasteiger partial charge in [-0.3, -0.25) is 0 Å². The largest absolute Gasteiger partial charge is 0.354 e. The molecule has 0 aliphatic carbocycles. The van der Waals surface area contributed by atoms with Crippen LogP contribution in [-0.4, -0.2) is 47.6 Å². The number of likely N-dealkylation sites (N-methyl/N-ethyl adjacent to an activating group) is 1. The van der Waals surface area contributed by atoms with E-state index in [1.165, 1.54) is 0 Å². The zero-order chi connectivity index (χ0) is 13.1. The summed E-state index contributed by atoms with van der Waals surface area (Å²) in [6, 6.07) is 1.87. The lowest BCUT2D eigenvalue weighted by Gasteiger charge is -2.34. The molecule has 0 atom stereocenters. The van der Waals surface area contributed by atoms with Crippen molar-refractivity contribution in [1.82, 2.24) is 14.9 Å². The second-order valence-electron chi connectivity index (χ2n) is 4.98. The van der Waals surface area contributed by atoms with E-state index in [4.69, 9.17) is 11.6 Å². The summed E-state index contributed by atoms with van der Waals surface area (Å²) in [5.41, 5.74) is 0. The van der Waals surface area contributed by atoms with E-state index in [0.717, 1.165) is 44.4 Å². The topological polar surface area (TPSA) is 32.3 Å². The van der Waals surface area contributed by atoms with Gasteiger partial charge in [-0.1, -0.05) is 32.4 Å². The van der Waals surface area contributed by atoms with Crippen LogP contribution in [0.1, 0.15) is 32.5 Å². The van der Waals surface area contributed by atoms with Gasteiger partial charge in [-0.05, 0) is 6.54 Å². The summed E-state index contributed by atoms with van der Waals surface area (Å²) < 4.78 is 0. The minimum Gasteiger partial charge on any atom is -0.354 e. The highest BCUT2D eigenvalue weighted by Crippen LogP contribution is 2.21. The van der Waals surface area contributed by atoms with Crippen LogP contribution in [0.2, 0.25) is 5.15 Å². The lowest BCUT2D eigenvalue weighted by atomic mass is 10.2. The molecule has 0 saturated carbocycles. The van der Waals surface area contributed by atoms with Crippen LogP contribution < -0.4 is 4.90 Å². The van der Waals surface area contributed by atoms with Crippen molar-refractivity contribution in [2.75, 3.05) is 37.6 Å². The first-order chi connectivity index (χ1) is 8.60. The van der Waals surface area contributed by atoms with Gasteiger partial charge in [0.1, 0.15) is 16.8 Å². The molecule has 0 amide bonds. The van der Waals surface area contributed by atoms with Gasteiger partial charge in [0, 0.05) is 38.2 Å². The second-order valence-corrected chi connectivity index (χ2v) is 5.37.